The first-order valence-electron chi connectivity index (χ1n) is 9.05. The molecular formula is C23H19N3O2. The molecule has 1 aromatic heterocycles. The predicted molar refractivity (Wildman–Crippen MR) is 111 cm³/mol. The van der Waals surface area contributed by atoms with Gasteiger partial charge in [-0.05, 0) is 41.5 Å². The smallest absolute Gasteiger partial charge is 0.313 e. The largest absolute Gasteiger partial charge is 0.341 e. The van der Waals surface area contributed by atoms with Crippen molar-refractivity contribution in [2.75, 3.05) is 5.32 Å². The van der Waals surface area contributed by atoms with E-state index in [9.17, 15) is 9.59 Å². The molecule has 0 spiro atoms. The number of carbonyl (C=O) groups is 2. The molecule has 0 aliphatic heterocycles. The number of hydrogen-bond donors (Lipinski definition) is 2. The first-order valence-corrected chi connectivity index (χ1v) is 9.05. The van der Waals surface area contributed by atoms with E-state index in [2.05, 4.69) is 15.6 Å². The van der Waals surface area contributed by atoms with Gasteiger partial charge in [-0.3, -0.25) is 14.6 Å². The molecule has 5 heteroatoms. The number of rotatable bonds is 3. The molecule has 0 aliphatic rings. The van der Waals surface area contributed by atoms with Crippen molar-refractivity contribution >= 4 is 39.2 Å². The van der Waals surface area contributed by atoms with E-state index in [4.69, 9.17) is 0 Å². The molecule has 0 radical (unpaired) electrons. The number of para-hydroxylation sites is 1. The third-order valence-corrected chi connectivity index (χ3v) is 4.68. The standard InChI is InChI=1S/C23H19N3O2/c1-15(17-11-10-16-6-2-3-7-18(16)12-17)25-22(27)23(28)26-20-13-19-8-4-5-9-21(19)24-14-20/h2-15H,1H3,(H,25,27)(H,26,28). The Labute approximate surface area is 162 Å². The van der Waals surface area contributed by atoms with Gasteiger partial charge in [-0.25, -0.2) is 0 Å². The van der Waals surface area contributed by atoms with Gasteiger partial charge in [-0.2, -0.15) is 0 Å². The van der Waals surface area contributed by atoms with E-state index in [0.29, 0.717) is 5.69 Å². The van der Waals surface area contributed by atoms with E-state index >= 15 is 0 Å². The van der Waals surface area contributed by atoms with Gasteiger partial charge in [0.1, 0.15) is 0 Å². The van der Waals surface area contributed by atoms with Crippen LogP contribution >= 0.6 is 0 Å². The molecule has 0 bridgehead atoms. The van der Waals surface area contributed by atoms with Gasteiger partial charge >= 0.3 is 11.8 Å². The summed E-state index contributed by atoms with van der Waals surface area (Å²) in [7, 11) is 0. The molecule has 2 N–H and O–H groups in total. The molecule has 28 heavy (non-hydrogen) atoms. The minimum absolute atomic E-state index is 0.294. The number of nitrogens with one attached hydrogen (secondary N) is 2. The zero-order chi connectivity index (χ0) is 19.5. The number of fused-ring (bicyclic) bond motifs is 2. The van der Waals surface area contributed by atoms with Crippen LogP contribution in [0.3, 0.4) is 0 Å². The average Bonchev–Trinajstić information content (AvgIpc) is 2.73. The van der Waals surface area contributed by atoms with Gasteiger partial charge in [0.05, 0.1) is 23.4 Å². The number of amides is 2. The minimum Gasteiger partial charge on any atom is -0.341 e. The number of aromatic nitrogens is 1. The molecule has 138 valence electrons. The summed E-state index contributed by atoms with van der Waals surface area (Å²) >= 11 is 0. The SMILES string of the molecule is CC(NC(=O)C(=O)Nc1cnc2ccccc2c1)c1ccc2ccccc2c1. The van der Waals surface area contributed by atoms with Crippen LogP contribution in [0.4, 0.5) is 5.69 Å². The molecule has 1 atom stereocenters. The van der Waals surface area contributed by atoms with Crippen LogP contribution < -0.4 is 10.6 Å². The van der Waals surface area contributed by atoms with Gasteiger partial charge in [-0.15, -0.1) is 0 Å². The summed E-state index contributed by atoms with van der Waals surface area (Å²) in [4.78, 5) is 28.9. The maximum absolute atomic E-state index is 12.3. The van der Waals surface area contributed by atoms with Crippen molar-refractivity contribution in [3.63, 3.8) is 0 Å². The molecule has 2 amide bonds. The maximum atomic E-state index is 12.3. The molecule has 3 aromatic carbocycles. The highest BCUT2D eigenvalue weighted by Gasteiger charge is 2.17. The van der Waals surface area contributed by atoms with E-state index in [1.165, 1.54) is 0 Å². The summed E-state index contributed by atoms with van der Waals surface area (Å²) in [6, 6.07) is 23.1. The second-order valence-corrected chi connectivity index (χ2v) is 6.67. The fourth-order valence-electron chi connectivity index (χ4n) is 3.15. The Morgan fingerprint density at radius 3 is 2.36 bits per heavy atom. The second-order valence-electron chi connectivity index (χ2n) is 6.67. The Bertz CT molecular complexity index is 1190. The minimum atomic E-state index is -0.718. The molecule has 4 rings (SSSR count). The van der Waals surface area contributed by atoms with Gasteiger partial charge in [0, 0.05) is 5.39 Å². The summed E-state index contributed by atoms with van der Waals surface area (Å²) < 4.78 is 0. The Morgan fingerprint density at radius 2 is 1.54 bits per heavy atom. The highest BCUT2D eigenvalue weighted by molar-refractivity contribution is 6.39. The molecular weight excluding hydrogens is 350 g/mol. The number of nitrogens with zero attached hydrogens (tertiary/aromatic N) is 1. The van der Waals surface area contributed by atoms with Crippen LogP contribution in [-0.4, -0.2) is 16.8 Å². The molecule has 0 saturated carbocycles. The zero-order valence-electron chi connectivity index (χ0n) is 15.3. The average molecular weight is 369 g/mol. The number of hydrogen-bond acceptors (Lipinski definition) is 3. The Morgan fingerprint density at radius 1 is 0.821 bits per heavy atom. The van der Waals surface area contributed by atoms with Crippen molar-refractivity contribution in [2.24, 2.45) is 0 Å². The van der Waals surface area contributed by atoms with Crippen molar-refractivity contribution in [2.45, 2.75) is 13.0 Å². The molecule has 4 aromatic rings. The molecule has 0 saturated heterocycles. The summed E-state index contributed by atoms with van der Waals surface area (Å²) in [6.07, 6.45) is 1.54. The Hall–Kier alpha value is -3.73. The number of anilines is 1. The maximum Gasteiger partial charge on any atom is 0.313 e. The van der Waals surface area contributed by atoms with E-state index < -0.39 is 11.8 Å². The van der Waals surface area contributed by atoms with E-state index in [1.54, 1.807) is 12.3 Å². The predicted octanol–water partition coefficient (Wildman–Crippen LogP) is 4.20. The summed E-state index contributed by atoms with van der Waals surface area (Å²) in [5.74, 6) is -1.40. The van der Waals surface area contributed by atoms with Gasteiger partial charge in [0.25, 0.3) is 0 Å². The lowest BCUT2D eigenvalue weighted by molar-refractivity contribution is -0.136. The van der Waals surface area contributed by atoms with Crippen molar-refractivity contribution in [1.29, 1.82) is 0 Å². The van der Waals surface area contributed by atoms with Gasteiger partial charge < -0.3 is 10.6 Å². The van der Waals surface area contributed by atoms with Crippen molar-refractivity contribution in [1.82, 2.24) is 10.3 Å². The highest BCUT2D eigenvalue weighted by atomic mass is 16.2. The van der Waals surface area contributed by atoms with Crippen LogP contribution in [0.5, 0.6) is 0 Å². The molecule has 5 nitrogen and oxygen atoms in total. The lowest BCUT2D eigenvalue weighted by Gasteiger charge is -2.15. The summed E-state index contributed by atoms with van der Waals surface area (Å²) in [5.41, 5.74) is 2.25. The first-order chi connectivity index (χ1) is 13.6. The van der Waals surface area contributed by atoms with Crippen LogP contribution in [0.25, 0.3) is 21.7 Å². The first kappa shape index (κ1) is 17.7. The fourth-order valence-corrected chi connectivity index (χ4v) is 3.15. The van der Waals surface area contributed by atoms with Crippen molar-refractivity contribution < 1.29 is 9.59 Å². The Kier molecular flexibility index (Phi) is 4.72. The van der Waals surface area contributed by atoms with Crippen molar-refractivity contribution in [3.8, 4) is 0 Å². The van der Waals surface area contributed by atoms with Crippen LogP contribution in [0.15, 0.2) is 79.0 Å². The Balaban J connectivity index is 1.44. The van der Waals surface area contributed by atoms with E-state index in [0.717, 1.165) is 27.2 Å². The van der Waals surface area contributed by atoms with Crippen LogP contribution in [0, 0.1) is 0 Å². The third-order valence-electron chi connectivity index (χ3n) is 4.68. The number of carbonyl (C=O) groups excluding carboxylic acids is 2. The molecule has 1 unspecified atom stereocenters. The fraction of sp³-hybridized carbons (Fsp3) is 0.0870. The highest BCUT2D eigenvalue weighted by Crippen LogP contribution is 2.20. The van der Waals surface area contributed by atoms with Gasteiger partial charge in [0.15, 0.2) is 0 Å². The van der Waals surface area contributed by atoms with Gasteiger partial charge in [0.2, 0.25) is 0 Å². The van der Waals surface area contributed by atoms with Crippen LogP contribution in [0.2, 0.25) is 0 Å². The van der Waals surface area contributed by atoms with E-state index in [1.807, 2.05) is 73.7 Å². The topological polar surface area (TPSA) is 71.1 Å². The second kappa shape index (κ2) is 7.48. The normalized spacial score (nSPS) is 11.9. The molecule has 1 heterocycles. The van der Waals surface area contributed by atoms with E-state index in [-0.39, 0.29) is 6.04 Å². The molecule has 0 aliphatic carbocycles. The lowest BCUT2D eigenvalue weighted by Crippen LogP contribution is -2.36. The third kappa shape index (κ3) is 3.69. The van der Waals surface area contributed by atoms with Crippen molar-refractivity contribution in [3.05, 3.63) is 84.6 Å². The quantitative estimate of drug-likeness (QED) is 0.532. The number of pyridine rings is 1. The van der Waals surface area contributed by atoms with Crippen LogP contribution in [-0.2, 0) is 9.59 Å². The lowest BCUT2D eigenvalue weighted by atomic mass is 10.0. The van der Waals surface area contributed by atoms with Crippen LogP contribution in [0.1, 0.15) is 18.5 Å². The van der Waals surface area contributed by atoms with Gasteiger partial charge in [-0.1, -0.05) is 54.6 Å². The number of benzene rings is 3. The summed E-state index contributed by atoms with van der Waals surface area (Å²) in [5, 5.41) is 8.47. The molecule has 0 fully saturated rings. The monoisotopic (exact) mass is 369 g/mol. The zero-order valence-corrected chi connectivity index (χ0v) is 15.3. The summed E-state index contributed by atoms with van der Waals surface area (Å²) in [6.45, 7) is 1.85.